The molecule has 1 saturated carbocycles. The molecule has 1 rings (SSSR count). The molecule has 88 valence electrons. The van der Waals surface area contributed by atoms with E-state index < -0.39 is 5.60 Å². The van der Waals surface area contributed by atoms with Crippen molar-refractivity contribution in [3.05, 3.63) is 0 Å². The molecule has 0 aromatic rings. The maximum absolute atomic E-state index is 9.85. The normalized spacial score (nSPS) is 28.2. The maximum Gasteiger partial charge on any atom is 0.127 e. The fourth-order valence-electron chi connectivity index (χ4n) is 1.56. The molecule has 0 heterocycles. The molecule has 2 N–H and O–H groups in total. The average molecular weight is 220 g/mol. The highest BCUT2D eigenvalue weighted by molar-refractivity contribution is 5.33. The molecule has 1 aliphatic carbocycles. The average Bonchev–Trinajstić information content (AvgIpc) is 2.20. The van der Waals surface area contributed by atoms with E-state index in [0.717, 1.165) is 6.42 Å². The van der Waals surface area contributed by atoms with Crippen LogP contribution in [0.25, 0.3) is 0 Å². The van der Waals surface area contributed by atoms with Crippen molar-refractivity contribution in [2.75, 3.05) is 6.61 Å². The molecule has 0 atom stereocenters. The van der Waals surface area contributed by atoms with Crippen LogP contribution in [0.1, 0.15) is 40.0 Å². The molecule has 0 bridgehead atoms. The van der Waals surface area contributed by atoms with Gasteiger partial charge in [0.25, 0.3) is 0 Å². The molecular formula is C14H20O2. The highest BCUT2D eigenvalue weighted by atomic mass is 16.3. The van der Waals surface area contributed by atoms with Gasteiger partial charge in [-0.1, -0.05) is 18.8 Å². The smallest absolute Gasteiger partial charge is 0.127 e. The highest BCUT2D eigenvalue weighted by Crippen LogP contribution is 2.36. The summed E-state index contributed by atoms with van der Waals surface area (Å²) in [5.41, 5.74) is -0.914. The van der Waals surface area contributed by atoms with Crippen LogP contribution in [0, 0.1) is 35.0 Å². The van der Waals surface area contributed by atoms with Gasteiger partial charge in [0.1, 0.15) is 5.60 Å². The molecule has 0 amide bonds. The molecule has 0 spiro atoms. The van der Waals surface area contributed by atoms with Gasteiger partial charge >= 0.3 is 0 Å². The predicted octanol–water partition coefficient (Wildman–Crippen LogP) is 1.56. The molecule has 1 aliphatic rings. The first-order valence-corrected chi connectivity index (χ1v) is 5.78. The zero-order chi connectivity index (χ0) is 12.2. The minimum atomic E-state index is -0.904. The highest BCUT2D eigenvalue weighted by Gasteiger charge is 2.40. The van der Waals surface area contributed by atoms with Gasteiger partial charge in [0.05, 0.1) is 0 Å². The largest absolute Gasteiger partial charge is 0.396 e. The Kier molecular flexibility index (Phi) is 4.03. The molecule has 0 unspecified atom stereocenters. The third kappa shape index (κ3) is 3.56. The van der Waals surface area contributed by atoms with Crippen LogP contribution in [0.2, 0.25) is 0 Å². The van der Waals surface area contributed by atoms with Crippen LogP contribution >= 0.6 is 0 Å². The maximum atomic E-state index is 9.85. The number of aliphatic hydroxyl groups is 2. The lowest BCUT2D eigenvalue weighted by atomic mass is 9.72. The Labute approximate surface area is 98.1 Å². The van der Waals surface area contributed by atoms with Crippen LogP contribution in [0.15, 0.2) is 0 Å². The number of hydrogen-bond acceptors (Lipinski definition) is 2. The predicted molar refractivity (Wildman–Crippen MR) is 64.4 cm³/mol. The molecule has 0 aliphatic heterocycles. The van der Waals surface area contributed by atoms with Gasteiger partial charge < -0.3 is 10.2 Å². The fraction of sp³-hybridized carbons (Fsp3) is 0.714. The van der Waals surface area contributed by atoms with E-state index in [1.807, 2.05) is 0 Å². The van der Waals surface area contributed by atoms with E-state index in [1.54, 1.807) is 0 Å². The summed E-state index contributed by atoms with van der Waals surface area (Å²) in [6.45, 7) is 6.37. The van der Waals surface area contributed by atoms with E-state index in [1.165, 1.54) is 0 Å². The van der Waals surface area contributed by atoms with Crippen LogP contribution < -0.4 is 0 Å². The number of aliphatic hydroxyl groups excluding tert-OH is 1. The van der Waals surface area contributed by atoms with Crippen molar-refractivity contribution in [2.24, 2.45) is 11.3 Å². The van der Waals surface area contributed by atoms with E-state index in [9.17, 15) is 5.11 Å². The quantitative estimate of drug-likeness (QED) is 0.693. The summed E-state index contributed by atoms with van der Waals surface area (Å²) >= 11 is 0. The Hall–Kier alpha value is -0.960. The Bertz CT molecular complexity index is 354. The lowest BCUT2D eigenvalue weighted by Gasteiger charge is -2.38. The third-order valence-corrected chi connectivity index (χ3v) is 3.15. The third-order valence-electron chi connectivity index (χ3n) is 3.15. The second-order valence-corrected chi connectivity index (χ2v) is 5.23. The van der Waals surface area contributed by atoms with Crippen molar-refractivity contribution < 1.29 is 10.2 Å². The Morgan fingerprint density at radius 3 is 2.44 bits per heavy atom. The molecule has 16 heavy (non-hydrogen) atoms. The monoisotopic (exact) mass is 220 g/mol. The summed E-state index contributed by atoms with van der Waals surface area (Å²) in [7, 11) is 0. The summed E-state index contributed by atoms with van der Waals surface area (Å²) in [5, 5.41) is 18.7. The van der Waals surface area contributed by atoms with Gasteiger partial charge in [-0.15, -0.1) is 0 Å². The first-order valence-electron chi connectivity index (χ1n) is 5.78. The van der Waals surface area contributed by atoms with Crippen LogP contribution in [-0.2, 0) is 0 Å². The standard InChI is InChI=1S/C14H20O2/c1-4-13(2,3)7-5-6-8-14(16)9-12(10-14)11-15/h12,15-16H,4,9-11H2,1-3H3/t12-,14+. The Balaban J connectivity index is 2.51. The summed E-state index contributed by atoms with van der Waals surface area (Å²) < 4.78 is 0. The van der Waals surface area contributed by atoms with Crippen LogP contribution in [0.4, 0.5) is 0 Å². The van der Waals surface area contributed by atoms with Gasteiger partial charge in [-0.3, -0.25) is 0 Å². The molecule has 0 radical (unpaired) electrons. The zero-order valence-corrected chi connectivity index (χ0v) is 10.3. The van der Waals surface area contributed by atoms with Crippen LogP contribution in [0.5, 0.6) is 0 Å². The SMILES string of the molecule is CCC(C)(C)C#CC#C[C@]1(O)C[C@@H](CO)C1. The van der Waals surface area contributed by atoms with Crippen molar-refractivity contribution in [2.45, 2.75) is 45.6 Å². The van der Waals surface area contributed by atoms with E-state index in [0.29, 0.717) is 12.8 Å². The van der Waals surface area contributed by atoms with Crippen molar-refractivity contribution in [1.29, 1.82) is 0 Å². The first kappa shape index (κ1) is 13.1. The molecule has 1 fully saturated rings. The topological polar surface area (TPSA) is 40.5 Å². The molecule has 0 saturated heterocycles. The van der Waals surface area contributed by atoms with Gasteiger partial charge in [-0.05, 0) is 50.9 Å². The van der Waals surface area contributed by atoms with E-state index in [2.05, 4.69) is 44.5 Å². The lowest BCUT2D eigenvalue weighted by Crippen LogP contribution is -2.43. The van der Waals surface area contributed by atoms with Gasteiger partial charge in [-0.2, -0.15) is 0 Å². The Morgan fingerprint density at radius 2 is 1.94 bits per heavy atom. The van der Waals surface area contributed by atoms with Crippen LogP contribution in [-0.4, -0.2) is 22.4 Å². The Morgan fingerprint density at radius 1 is 1.31 bits per heavy atom. The minimum Gasteiger partial charge on any atom is -0.396 e. The first-order chi connectivity index (χ1) is 7.41. The van der Waals surface area contributed by atoms with Gasteiger partial charge in [0, 0.05) is 12.0 Å². The fourth-order valence-corrected chi connectivity index (χ4v) is 1.56. The molecule has 0 aromatic carbocycles. The zero-order valence-electron chi connectivity index (χ0n) is 10.3. The van der Waals surface area contributed by atoms with Crippen molar-refractivity contribution >= 4 is 0 Å². The van der Waals surface area contributed by atoms with Crippen LogP contribution in [0.3, 0.4) is 0 Å². The second-order valence-electron chi connectivity index (χ2n) is 5.23. The molecule has 2 heteroatoms. The van der Waals surface area contributed by atoms with Gasteiger partial charge in [-0.25, -0.2) is 0 Å². The van der Waals surface area contributed by atoms with Gasteiger partial charge in [0.15, 0.2) is 0 Å². The van der Waals surface area contributed by atoms with Crippen molar-refractivity contribution in [1.82, 2.24) is 0 Å². The van der Waals surface area contributed by atoms with E-state index in [-0.39, 0.29) is 17.9 Å². The summed E-state index contributed by atoms with van der Waals surface area (Å²) in [4.78, 5) is 0. The summed E-state index contributed by atoms with van der Waals surface area (Å²) in [6.07, 6.45) is 2.11. The van der Waals surface area contributed by atoms with E-state index >= 15 is 0 Å². The van der Waals surface area contributed by atoms with Crippen molar-refractivity contribution in [3.63, 3.8) is 0 Å². The number of hydrogen-bond donors (Lipinski definition) is 2. The summed E-state index contributed by atoms with van der Waals surface area (Å²) in [6, 6.07) is 0. The second kappa shape index (κ2) is 4.91. The van der Waals surface area contributed by atoms with E-state index in [4.69, 9.17) is 5.11 Å². The van der Waals surface area contributed by atoms with Crippen molar-refractivity contribution in [3.8, 4) is 23.7 Å². The molecule has 0 aromatic heterocycles. The minimum absolute atomic E-state index is 0.00938. The summed E-state index contributed by atoms with van der Waals surface area (Å²) in [5.74, 6) is 11.6. The lowest BCUT2D eigenvalue weighted by molar-refractivity contribution is -0.0409. The van der Waals surface area contributed by atoms with Gasteiger partial charge in [0.2, 0.25) is 0 Å². The molecular weight excluding hydrogens is 200 g/mol. The number of rotatable bonds is 2. The molecule has 2 nitrogen and oxygen atoms in total.